The van der Waals surface area contributed by atoms with E-state index >= 15 is 0 Å². The molecule has 0 radical (unpaired) electrons. The van der Waals surface area contributed by atoms with Crippen molar-refractivity contribution in [1.29, 1.82) is 5.26 Å². The Morgan fingerprint density at radius 2 is 1.88 bits per heavy atom. The van der Waals surface area contributed by atoms with Gasteiger partial charge in [-0.05, 0) is 18.2 Å². The zero-order chi connectivity index (χ0) is 17.6. The first-order valence-electron chi connectivity index (χ1n) is 6.68. The third-order valence-corrected chi connectivity index (χ3v) is 2.79. The van der Waals surface area contributed by atoms with Crippen LogP contribution in [0.1, 0.15) is 11.3 Å². The molecule has 1 aromatic carbocycles. The van der Waals surface area contributed by atoms with E-state index in [9.17, 15) is 13.2 Å². The number of ether oxygens (including phenoxy) is 3. The number of hydrogen-bond acceptors (Lipinski definition) is 6. The Labute approximate surface area is 135 Å². The van der Waals surface area contributed by atoms with Crippen molar-refractivity contribution in [1.82, 2.24) is 9.97 Å². The summed E-state index contributed by atoms with van der Waals surface area (Å²) in [6.07, 6.45) is -3.59. The quantitative estimate of drug-likeness (QED) is 0.753. The smallest absolute Gasteiger partial charge is 0.433 e. The summed E-state index contributed by atoms with van der Waals surface area (Å²) >= 11 is 0. The molecule has 0 aliphatic heterocycles. The van der Waals surface area contributed by atoms with Gasteiger partial charge in [-0.2, -0.15) is 23.4 Å². The summed E-state index contributed by atoms with van der Waals surface area (Å²) in [6.45, 7) is -0.0354. The second-order valence-electron chi connectivity index (χ2n) is 4.40. The van der Waals surface area contributed by atoms with Crippen LogP contribution in [-0.2, 0) is 6.18 Å². The van der Waals surface area contributed by atoms with Gasteiger partial charge in [-0.1, -0.05) is 0 Å². The molecule has 0 atom stereocenters. The highest BCUT2D eigenvalue weighted by atomic mass is 19.4. The molecule has 1 aromatic heterocycles. The summed E-state index contributed by atoms with van der Waals surface area (Å²) < 4.78 is 53.1. The van der Waals surface area contributed by atoms with Gasteiger partial charge >= 0.3 is 12.2 Å². The summed E-state index contributed by atoms with van der Waals surface area (Å²) in [7, 11) is 1.43. The van der Waals surface area contributed by atoms with Gasteiger partial charge in [0.25, 0.3) is 0 Å². The number of hydrogen-bond donors (Lipinski definition) is 0. The Balaban J connectivity index is 1.91. The van der Waals surface area contributed by atoms with E-state index in [0.29, 0.717) is 17.1 Å². The average Bonchev–Trinajstić information content (AvgIpc) is 2.58. The van der Waals surface area contributed by atoms with E-state index in [2.05, 4.69) is 9.97 Å². The first-order chi connectivity index (χ1) is 11.4. The number of aromatic nitrogens is 2. The molecule has 2 rings (SSSR count). The summed E-state index contributed by atoms with van der Waals surface area (Å²) in [5.74, 6) is 0.745. The van der Waals surface area contributed by atoms with Crippen molar-refractivity contribution in [3.63, 3.8) is 0 Å². The second-order valence-corrected chi connectivity index (χ2v) is 4.40. The molecule has 0 unspecified atom stereocenters. The number of alkyl halides is 3. The highest BCUT2D eigenvalue weighted by molar-refractivity contribution is 5.46. The van der Waals surface area contributed by atoms with Crippen molar-refractivity contribution < 1.29 is 27.4 Å². The molecule has 9 heteroatoms. The normalized spacial score (nSPS) is 10.8. The van der Waals surface area contributed by atoms with Crippen LogP contribution in [0, 0.1) is 11.3 Å². The van der Waals surface area contributed by atoms with Crippen LogP contribution in [0.4, 0.5) is 13.2 Å². The summed E-state index contributed by atoms with van der Waals surface area (Å²) in [5.41, 5.74) is -0.671. The monoisotopic (exact) mass is 339 g/mol. The zero-order valence-corrected chi connectivity index (χ0v) is 12.5. The topological polar surface area (TPSA) is 77.3 Å². The minimum absolute atomic E-state index is 0.0296. The molecule has 1 heterocycles. The van der Waals surface area contributed by atoms with Gasteiger partial charge in [-0.15, -0.1) is 0 Å². The van der Waals surface area contributed by atoms with Gasteiger partial charge in [-0.25, -0.2) is 4.98 Å². The Morgan fingerprint density at radius 3 is 2.54 bits per heavy atom. The van der Waals surface area contributed by atoms with Crippen molar-refractivity contribution in [2.24, 2.45) is 0 Å². The van der Waals surface area contributed by atoms with E-state index in [1.165, 1.54) is 13.2 Å². The molecular weight excluding hydrogens is 327 g/mol. The van der Waals surface area contributed by atoms with E-state index in [1.54, 1.807) is 12.1 Å². The van der Waals surface area contributed by atoms with Crippen LogP contribution >= 0.6 is 0 Å². The number of benzene rings is 1. The number of nitrogens with zero attached hydrogens (tertiary/aromatic N) is 3. The van der Waals surface area contributed by atoms with Gasteiger partial charge in [0.2, 0.25) is 0 Å². The van der Waals surface area contributed by atoms with E-state index in [-0.39, 0.29) is 19.2 Å². The Hall–Kier alpha value is -3.02. The number of nitriles is 1. The fraction of sp³-hybridized carbons (Fsp3) is 0.267. The van der Waals surface area contributed by atoms with Crippen LogP contribution in [0.3, 0.4) is 0 Å². The predicted molar refractivity (Wildman–Crippen MR) is 75.7 cm³/mol. The van der Waals surface area contributed by atoms with E-state index in [0.717, 1.165) is 12.3 Å². The molecule has 0 saturated carbocycles. The van der Waals surface area contributed by atoms with Gasteiger partial charge in [0.1, 0.15) is 13.2 Å². The second kappa shape index (κ2) is 7.50. The summed E-state index contributed by atoms with van der Waals surface area (Å²) in [4.78, 5) is 6.87. The summed E-state index contributed by atoms with van der Waals surface area (Å²) in [6, 6.07) is 6.94. The number of halogens is 3. The third kappa shape index (κ3) is 4.49. The lowest BCUT2D eigenvalue weighted by atomic mass is 10.2. The van der Waals surface area contributed by atoms with Crippen LogP contribution in [0.5, 0.6) is 17.5 Å². The minimum Gasteiger partial charge on any atom is -0.493 e. The molecule has 0 amide bonds. The maximum atomic E-state index is 12.5. The van der Waals surface area contributed by atoms with Gasteiger partial charge < -0.3 is 14.2 Å². The zero-order valence-electron chi connectivity index (χ0n) is 12.5. The van der Waals surface area contributed by atoms with Crippen molar-refractivity contribution >= 4 is 0 Å². The number of methoxy groups -OCH3 is 1. The largest absolute Gasteiger partial charge is 0.493 e. The summed E-state index contributed by atoms with van der Waals surface area (Å²) in [5, 5.41) is 8.81. The predicted octanol–water partition coefficient (Wildman–Crippen LogP) is 2.83. The molecule has 126 valence electrons. The van der Waals surface area contributed by atoms with Gasteiger partial charge in [0.15, 0.2) is 17.2 Å². The standard InChI is InChI=1S/C15H12F3N3O3/c1-22-12-8-10(9-19)2-3-11(12)23-6-7-24-14-20-5-4-13(21-14)15(16,17)18/h2-5,8H,6-7H2,1H3. The first kappa shape index (κ1) is 17.3. The van der Waals surface area contributed by atoms with Crippen LogP contribution in [0.2, 0.25) is 0 Å². The van der Waals surface area contributed by atoms with E-state index in [1.807, 2.05) is 6.07 Å². The molecule has 0 N–H and O–H groups in total. The minimum atomic E-state index is -4.56. The van der Waals surface area contributed by atoms with Crippen molar-refractivity contribution in [2.45, 2.75) is 6.18 Å². The van der Waals surface area contributed by atoms with Crippen molar-refractivity contribution in [3.05, 3.63) is 41.7 Å². The van der Waals surface area contributed by atoms with Crippen LogP contribution < -0.4 is 14.2 Å². The molecule has 2 aromatic rings. The molecule has 6 nitrogen and oxygen atoms in total. The fourth-order valence-electron chi connectivity index (χ4n) is 1.71. The van der Waals surface area contributed by atoms with Gasteiger partial charge in [0, 0.05) is 12.3 Å². The maximum Gasteiger partial charge on any atom is 0.433 e. The fourth-order valence-corrected chi connectivity index (χ4v) is 1.71. The van der Waals surface area contributed by atoms with E-state index < -0.39 is 11.9 Å². The average molecular weight is 339 g/mol. The van der Waals surface area contributed by atoms with Gasteiger partial charge in [0.05, 0.1) is 18.7 Å². The molecule has 0 bridgehead atoms. The lowest BCUT2D eigenvalue weighted by Crippen LogP contribution is -2.13. The molecule has 24 heavy (non-hydrogen) atoms. The van der Waals surface area contributed by atoms with Crippen LogP contribution in [0.15, 0.2) is 30.5 Å². The molecule has 0 aliphatic carbocycles. The molecule has 0 aliphatic rings. The molecule has 0 spiro atoms. The lowest BCUT2D eigenvalue weighted by molar-refractivity contribution is -0.141. The Bertz CT molecular complexity index is 745. The first-order valence-corrected chi connectivity index (χ1v) is 6.68. The highest BCUT2D eigenvalue weighted by Gasteiger charge is 2.33. The Morgan fingerprint density at radius 1 is 1.12 bits per heavy atom. The van der Waals surface area contributed by atoms with Gasteiger partial charge in [-0.3, -0.25) is 0 Å². The van der Waals surface area contributed by atoms with E-state index in [4.69, 9.17) is 19.5 Å². The van der Waals surface area contributed by atoms with Crippen LogP contribution in [-0.4, -0.2) is 30.3 Å². The lowest BCUT2D eigenvalue weighted by Gasteiger charge is -2.11. The SMILES string of the molecule is COc1cc(C#N)ccc1OCCOc1nccc(C(F)(F)F)n1. The van der Waals surface area contributed by atoms with Crippen molar-refractivity contribution in [2.75, 3.05) is 20.3 Å². The van der Waals surface area contributed by atoms with Crippen LogP contribution in [0.25, 0.3) is 0 Å². The third-order valence-electron chi connectivity index (χ3n) is 2.79. The molecule has 0 fully saturated rings. The Kier molecular flexibility index (Phi) is 5.42. The highest BCUT2D eigenvalue weighted by Crippen LogP contribution is 2.28. The molecule has 0 saturated heterocycles. The molecular formula is C15H12F3N3O3. The van der Waals surface area contributed by atoms with Crippen molar-refractivity contribution in [3.8, 4) is 23.6 Å². The maximum absolute atomic E-state index is 12.5. The number of rotatable bonds is 6.